The maximum atomic E-state index is 9.93. The number of thiophene rings is 1. The molecule has 2 rings (SSSR count). The highest BCUT2D eigenvalue weighted by Gasteiger charge is 2.08. The number of rotatable bonds is 4. The normalized spacial score (nSPS) is 12.6. The lowest BCUT2D eigenvalue weighted by Gasteiger charge is -2.09. The Kier molecular flexibility index (Phi) is 3.93. The van der Waals surface area contributed by atoms with Gasteiger partial charge in [0.2, 0.25) is 0 Å². The molecule has 0 bridgehead atoms. The third-order valence-electron chi connectivity index (χ3n) is 2.42. The predicted molar refractivity (Wildman–Crippen MR) is 66.8 cm³/mol. The van der Waals surface area contributed by atoms with E-state index < -0.39 is 6.10 Å². The molecule has 2 heterocycles. The highest BCUT2D eigenvalue weighted by Crippen LogP contribution is 2.20. The van der Waals surface area contributed by atoms with Gasteiger partial charge in [-0.2, -0.15) is 11.3 Å². The summed E-state index contributed by atoms with van der Waals surface area (Å²) in [7, 11) is 0. The number of nitrogens with zero attached hydrogens (tertiary/aromatic N) is 1. The molecule has 0 aliphatic heterocycles. The third-order valence-corrected chi connectivity index (χ3v) is 3.38. The minimum absolute atomic E-state index is 0.453. The number of halogens is 1. The van der Waals surface area contributed by atoms with Gasteiger partial charge in [-0.05, 0) is 46.9 Å². The molecule has 1 unspecified atom stereocenters. The van der Waals surface area contributed by atoms with Crippen LogP contribution in [0.15, 0.2) is 35.2 Å². The molecule has 2 aromatic rings. The second-order valence-electron chi connectivity index (χ2n) is 3.60. The maximum Gasteiger partial charge on any atom is 0.129 e. The molecule has 1 atom stereocenters. The van der Waals surface area contributed by atoms with Crippen molar-refractivity contribution in [1.29, 1.82) is 0 Å². The van der Waals surface area contributed by atoms with Crippen LogP contribution in [0.25, 0.3) is 0 Å². The molecule has 0 aliphatic rings. The molecule has 84 valence electrons. The van der Waals surface area contributed by atoms with E-state index in [1.807, 2.05) is 11.4 Å². The number of pyridine rings is 1. The average molecular weight is 254 g/mol. The average Bonchev–Trinajstić information content (AvgIpc) is 2.80. The van der Waals surface area contributed by atoms with Gasteiger partial charge in [0.1, 0.15) is 5.15 Å². The number of aromatic nitrogens is 1. The molecule has 0 spiro atoms. The standard InChI is InChI=1S/C12H12ClNOS/c13-12-4-2-10(7-14-12)11(15)3-1-9-5-6-16-8-9/h2,4-8,11,15H,1,3H2. The van der Waals surface area contributed by atoms with Crippen LogP contribution in [-0.2, 0) is 6.42 Å². The van der Waals surface area contributed by atoms with E-state index in [1.165, 1.54) is 5.56 Å². The quantitative estimate of drug-likeness (QED) is 0.847. The maximum absolute atomic E-state index is 9.93. The zero-order valence-corrected chi connectivity index (χ0v) is 10.2. The zero-order valence-electron chi connectivity index (χ0n) is 8.64. The van der Waals surface area contributed by atoms with E-state index >= 15 is 0 Å². The van der Waals surface area contributed by atoms with Crippen molar-refractivity contribution in [3.63, 3.8) is 0 Å². The Labute approximate surface area is 104 Å². The van der Waals surface area contributed by atoms with Gasteiger partial charge in [0, 0.05) is 6.20 Å². The Balaban J connectivity index is 1.93. The van der Waals surface area contributed by atoms with Gasteiger partial charge in [-0.25, -0.2) is 4.98 Å². The van der Waals surface area contributed by atoms with Crippen molar-refractivity contribution >= 4 is 22.9 Å². The van der Waals surface area contributed by atoms with E-state index in [1.54, 1.807) is 23.6 Å². The van der Waals surface area contributed by atoms with E-state index in [-0.39, 0.29) is 0 Å². The third kappa shape index (κ3) is 3.04. The van der Waals surface area contributed by atoms with E-state index in [0.717, 1.165) is 12.0 Å². The second kappa shape index (κ2) is 5.43. The first-order valence-corrected chi connectivity index (χ1v) is 6.38. The first kappa shape index (κ1) is 11.6. The summed E-state index contributed by atoms with van der Waals surface area (Å²) in [6.45, 7) is 0. The molecule has 4 heteroatoms. The van der Waals surface area contributed by atoms with Crippen molar-refractivity contribution in [2.75, 3.05) is 0 Å². The van der Waals surface area contributed by atoms with Crippen LogP contribution in [0.5, 0.6) is 0 Å². The smallest absolute Gasteiger partial charge is 0.129 e. The summed E-state index contributed by atoms with van der Waals surface area (Å²) < 4.78 is 0. The minimum atomic E-state index is -0.468. The van der Waals surface area contributed by atoms with Crippen molar-refractivity contribution in [3.05, 3.63) is 51.4 Å². The Morgan fingerprint density at radius 2 is 2.25 bits per heavy atom. The SMILES string of the molecule is OC(CCc1ccsc1)c1ccc(Cl)nc1. The van der Waals surface area contributed by atoms with E-state index in [0.29, 0.717) is 11.6 Å². The number of aryl methyl sites for hydroxylation is 1. The molecule has 0 aromatic carbocycles. The van der Waals surface area contributed by atoms with Gasteiger partial charge in [-0.15, -0.1) is 0 Å². The number of aliphatic hydroxyl groups is 1. The summed E-state index contributed by atoms with van der Waals surface area (Å²) in [4.78, 5) is 3.95. The van der Waals surface area contributed by atoms with Crippen LogP contribution in [-0.4, -0.2) is 10.1 Å². The van der Waals surface area contributed by atoms with Gasteiger partial charge in [-0.3, -0.25) is 0 Å². The van der Waals surface area contributed by atoms with Crippen molar-refractivity contribution < 1.29 is 5.11 Å². The Morgan fingerprint density at radius 1 is 1.38 bits per heavy atom. The lowest BCUT2D eigenvalue weighted by Crippen LogP contribution is -1.99. The molecule has 0 aliphatic carbocycles. The summed E-state index contributed by atoms with van der Waals surface area (Å²) in [6, 6.07) is 5.59. The topological polar surface area (TPSA) is 33.1 Å². The summed E-state index contributed by atoms with van der Waals surface area (Å²) in [6.07, 6.45) is 2.75. The zero-order chi connectivity index (χ0) is 11.4. The van der Waals surface area contributed by atoms with Gasteiger partial charge in [0.05, 0.1) is 6.10 Å². The summed E-state index contributed by atoms with van der Waals surface area (Å²) in [5, 5.41) is 14.5. The first-order chi connectivity index (χ1) is 7.75. The van der Waals surface area contributed by atoms with Crippen molar-refractivity contribution in [1.82, 2.24) is 4.98 Å². The molecule has 2 aromatic heterocycles. The van der Waals surface area contributed by atoms with E-state index in [4.69, 9.17) is 11.6 Å². The summed E-state index contributed by atoms with van der Waals surface area (Å²) in [5.41, 5.74) is 2.09. The second-order valence-corrected chi connectivity index (χ2v) is 4.77. The lowest BCUT2D eigenvalue weighted by molar-refractivity contribution is 0.167. The molecule has 0 radical (unpaired) electrons. The number of hydrogen-bond acceptors (Lipinski definition) is 3. The fraction of sp³-hybridized carbons (Fsp3) is 0.250. The van der Waals surface area contributed by atoms with Crippen LogP contribution in [0.1, 0.15) is 23.7 Å². The number of hydrogen-bond donors (Lipinski definition) is 1. The Hall–Kier alpha value is -0.900. The molecular weight excluding hydrogens is 242 g/mol. The van der Waals surface area contributed by atoms with Gasteiger partial charge >= 0.3 is 0 Å². The lowest BCUT2D eigenvalue weighted by atomic mass is 10.0. The van der Waals surface area contributed by atoms with Gasteiger partial charge in [-0.1, -0.05) is 17.7 Å². The van der Waals surface area contributed by atoms with Crippen molar-refractivity contribution in [2.24, 2.45) is 0 Å². The van der Waals surface area contributed by atoms with Crippen LogP contribution in [0, 0.1) is 0 Å². The van der Waals surface area contributed by atoms with Gasteiger partial charge in [0.15, 0.2) is 0 Å². The fourth-order valence-electron chi connectivity index (χ4n) is 1.49. The largest absolute Gasteiger partial charge is 0.388 e. The van der Waals surface area contributed by atoms with E-state index in [2.05, 4.69) is 16.4 Å². The van der Waals surface area contributed by atoms with Crippen LogP contribution in [0.3, 0.4) is 0 Å². The monoisotopic (exact) mass is 253 g/mol. The molecule has 0 fully saturated rings. The summed E-state index contributed by atoms with van der Waals surface area (Å²) in [5.74, 6) is 0. The van der Waals surface area contributed by atoms with Crippen LogP contribution < -0.4 is 0 Å². The first-order valence-electron chi connectivity index (χ1n) is 5.06. The van der Waals surface area contributed by atoms with Gasteiger partial charge in [0.25, 0.3) is 0 Å². The minimum Gasteiger partial charge on any atom is -0.388 e. The predicted octanol–water partition coefficient (Wildman–Crippen LogP) is 3.46. The molecule has 2 nitrogen and oxygen atoms in total. The molecule has 0 amide bonds. The highest BCUT2D eigenvalue weighted by molar-refractivity contribution is 7.07. The van der Waals surface area contributed by atoms with Crippen LogP contribution in [0.2, 0.25) is 5.15 Å². The number of aliphatic hydroxyl groups excluding tert-OH is 1. The Bertz CT molecular complexity index is 427. The van der Waals surface area contributed by atoms with E-state index in [9.17, 15) is 5.11 Å². The fourth-order valence-corrected chi connectivity index (χ4v) is 2.30. The van der Waals surface area contributed by atoms with Crippen LogP contribution >= 0.6 is 22.9 Å². The molecule has 1 N–H and O–H groups in total. The van der Waals surface area contributed by atoms with Crippen molar-refractivity contribution in [3.8, 4) is 0 Å². The molecule has 16 heavy (non-hydrogen) atoms. The van der Waals surface area contributed by atoms with Crippen molar-refractivity contribution in [2.45, 2.75) is 18.9 Å². The highest BCUT2D eigenvalue weighted by atomic mass is 35.5. The molecule has 0 saturated carbocycles. The van der Waals surface area contributed by atoms with Crippen LogP contribution in [0.4, 0.5) is 0 Å². The summed E-state index contributed by atoms with van der Waals surface area (Å²) >= 11 is 7.36. The Morgan fingerprint density at radius 3 is 2.88 bits per heavy atom. The molecule has 0 saturated heterocycles. The molecular formula is C12H12ClNOS. The van der Waals surface area contributed by atoms with Gasteiger partial charge < -0.3 is 5.11 Å².